The first-order chi connectivity index (χ1) is 12.9. The molecule has 0 aliphatic rings. The molecule has 0 unspecified atom stereocenters. The Balaban J connectivity index is 1.92. The van der Waals surface area contributed by atoms with Gasteiger partial charge in [-0.25, -0.2) is 4.79 Å². The SMILES string of the molecule is Cc1ccc(/C=C(\C#N)C(=O)OCC(=O)N[C@H](C)c2cccc(Cl)c2)cc1. The minimum atomic E-state index is -0.844. The number of ether oxygens (including phenoxy) is 1. The lowest BCUT2D eigenvalue weighted by Crippen LogP contribution is -2.31. The van der Waals surface area contributed by atoms with Crippen LogP contribution in [-0.4, -0.2) is 18.5 Å². The van der Waals surface area contributed by atoms with Gasteiger partial charge in [-0.15, -0.1) is 0 Å². The van der Waals surface area contributed by atoms with Crippen LogP contribution in [0.3, 0.4) is 0 Å². The van der Waals surface area contributed by atoms with Crippen LogP contribution in [0.1, 0.15) is 29.7 Å². The number of nitriles is 1. The number of amides is 1. The second kappa shape index (κ2) is 9.56. The molecule has 0 spiro atoms. The van der Waals surface area contributed by atoms with Crippen LogP contribution in [0, 0.1) is 18.3 Å². The van der Waals surface area contributed by atoms with Crippen LogP contribution in [-0.2, 0) is 14.3 Å². The Morgan fingerprint density at radius 2 is 1.96 bits per heavy atom. The molecule has 0 radical (unpaired) electrons. The van der Waals surface area contributed by atoms with E-state index in [9.17, 15) is 9.59 Å². The maximum atomic E-state index is 12.0. The number of benzene rings is 2. The van der Waals surface area contributed by atoms with Gasteiger partial charge < -0.3 is 10.1 Å². The smallest absolute Gasteiger partial charge is 0.349 e. The molecule has 5 nitrogen and oxygen atoms in total. The van der Waals surface area contributed by atoms with Gasteiger partial charge in [0.25, 0.3) is 5.91 Å². The zero-order chi connectivity index (χ0) is 19.8. The van der Waals surface area contributed by atoms with Crippen LogP contribution in [0.25, 0.3) is 6.08 Å². The fraction of sp³-hybridized carbons (Fsp3) is 0.190. The number of nitrogens with one attached hydrogen (secondary N) is 1. The molecular formula is C21H19ClN2O3. The van der Waals surface area contributed by atoms with Crippen molar-refractivity contribution in [3.63, 3.8) is 0 Å². The molecule has 1 N–H and O–H groups in total. The van der Waals surface area contributed by atoms with E-state index < -0.39 is 18.5 Å². The Bertz CT molecular complexity index is 898. The van der Waals surface area contributed by atoms with Gasteiger partial charge in [0.1, 0.15) is 11.6 Å². The van der Waals surface area contributed by atoms with Crippen LogP contribution in [0.4, 0.5) is 0 Å². The number of halogens is 1. The van der Waals surface area contributed by atoms with Gasteiger partial charge in [-0.05, 0) is 43.2 Å². The molecule has 6 heteroatoms. The molecular weight excluding hydrogens is 364 g/mol. The molecule has 27 heavy (non-hydrogen) atoms. The monoisotopic (exact) mass is 382 g/mol. The van der Waals surface area contributed by atoms with Gasteiger partial charge >= 0.3 is 5.97 Å². The molecule has 1 atom stereocenters. The van der Waals surface area contributed by atoms with E-state index in [1.807, 2.05) is 25.1 Å². The molecule has 0 bridgehead atoms. The topological polar surface area (TPSA) is 79.2 Å². The number of rotatable bonds is 6. The normalized spacial score (nSPS) is 12.0. The Labute approximate surface area is 163 Å². The number of nitrogens with zero attached hydrogens (tertiary/aromatic N) is 1. The van der Waals surface area contributed by atoms with Crippen LogP contribution >= 0.6 is 11.6 Å². The number of carbonyl (C=O) groups excluding carboxylic acids is 2. The molecule has 2 aromatic carbocycles. The third-order valence-corrected chi connectivity index (χ3v) is 4.02. The van der Waals surface area contributed by atoms with Gasteiger partial charge in [-0.1, -0.05) is 53.6 Å². The Hall–Kier alpha value is -3.10. The molecule has 2 aromatic rings. The summed E-state index contributed by atoms with van der Waals surface area (Å²) in [4.78, 5) is 24.0. The van der Waals surface area contributed by atoms with E-state index in [-0.39, 0.29) is 11.6 Å². The molecule has 2 rings (SSSR count). The summed E-state index contributed by atoms with van der Waals surface area (Å²) < 4.78 is 4.95. The van der Waals surface area contributed by atoms with Gasteiger partial charge in [-0.3, -0.25) is 4.79 Å². The molecule has 0 aliphatic carbocycles. The van der Waals surface area contributed by atoms with Crippen molar-refractivity contribution < 1.29 is 14.3 Å². The average molecular weight is 383 g/mol. The average Bonchev–Trinajstić information content (AvgIpc) is 2.65. The molecule has 0 heterocycles. The molecule has 0 fully saturated rings. The Kier molecular flexibility index (Phi) is 7.16. The van der Waals surface area contributed by atoms with E-state index in [0.717, 1.165) is 11.1 Å². The van der Waals surface area contributed by atoms with E-state index in [4.69, 9.17) is 21.6 Å². The maximum Gasteiger partial charge on any atom is 0.349 e. The first-order valence-corrected chi connectivity index (χ1v) is 8.67. The predicted molar refractivity (Wildman–Crippen MR) is 104 cm³/mol. The maximum absolute atomic E-state index is 12.0. The molecule has 0 saturated heterocycles. The Morgan fingerprint density at radius 1 is 1.26 bits per heavy atom. The minimum absolute atomic E-state index is 0.172. The Morgan fingerprint density at radius 3 is 2.59 bits per heavy atom. The lowest BCUT2D eigenvalue weighted by atomic mass is 10.1. The second-order valence-electron chi connectivity index (χ2n) is 6.00. The number of aryl methyl sites for hydroxylation is 1. The molecule has 138 valence electrons. The third-order valence-electron chi connectivity index (χ3n) is 3.79. The number of hydrogen-bond donors (Lipinski definition) is 1. The molecule has 0 saturated carbocycles. The highest BCUT2D eigenvalue weighted by Gasteiger charge is 2.15. The molecule has 0 aliphatic heterocycles. The highest BCUT2D eigenvalue weighted by molar-refractivity contribution is 6.30. The van der Waals surface area contributed by atoms with Crippen molar-refractivity contribution in [2.24, 2.45) is 0 Å². The molecule has 1 amide bonds. The van der Waals surface area contributed by atoms with Crippen LogP contribution in [0.2, 0.25) is 5.02 Å². The minimum Gasteiger partial charge on any atom is -0.451 e. The van der Waals surface area contributed by atoms with E-state index >= 15 is 0 Å². The second-order valence-corrected chi connectivity index (χ2v) is 6.44. The van der Waals surface area contributed by atoms with Crippen molar-refractivity contribution in [2.75, 3.05) is 6.61 Å². The van der Waals surface area contributed by atoms with E-state index in [1.54, 1.807) is 43.3 Å². The summed E-state index contributed by atoms with van der Waals surface area (Å²) in [6, 6.07) is 15.9. The quantitative estimate of drug-likeness (QED) is 0.465. The van der Waals surface area contributed by atoms with Gasteiger partial charge in [0, 0.05) is 5.02 Å². The first-order valence-electron chi connectivity index (χ1n) is 8.29. The predicted octanol–water partition coefficient (Wildman–Crippen LogP) is 3.98. The standard InChI is InChI=1S/C21H19ClN2O3/c1-14-6-8-16(9-7-14)10-18(12-23)21(26)27-13-20(25)24-15(2)17-4-3-5-19(22)11-17/h3-11,15H,13H2,1-2H3,(H,24,25)/b18-10+/t15-/m1/s1. The van der Waals surface area contributed by atoms with Crippen LogP contribution in [0.15, 0.2) is 54.1 Å². The summed E-state index contributed by atoms with van der Waals surface area (Å²) in [5.74, 6) is -1.31. The first kappa shape index (κ1) is 20.2. The summed E-state index contributed by atoms with van der Waals surface area (Å²) in [6.45, 7) is 3.26. The van der Waals surface area contributed by atoms with Crippen molar-refractivity contribution in [1.29, 1.82) is 5.26 Å². The lowest BCUT2D eigenvalue weighted by molar-refractivity contribution is -0.144. The largest absolute Gasteiger partial charge is 0.451 e. The van der Waals surface area contributed by atoms with E-state index in [0.29, 0.717) is 10.6 Å². The van der Waals surface area contributed by atoms with Gasteiger partial charge in [-0.2, -0.15) is 5.26 Å². The summed E-state index contributed by atoms with van der Waals surface area (Å²) in [7, 11) is 0. The fourth-order valence-corrected chi connectivity index (χ4v) is 2.52. The fourth-order valence-electron chi connectivity index (χ4n) is 2.32. The zero-order valence-corrected chi connectivity index (χ0v) is 15.8. The highest BCUT2D eigenvalue weighted by atomic mass is 35.5. The number of hydrogen-bond acceptors (Lipinski definition) is 4. The summed E-state index contributed by atoms with van der Waals surface area (Å²) in [5, 5.41) is 12.4. The van der Waals surface area contributed by atoms with Gasteiger partial charge in [0.15, 0.2) is 6.61 Å². The van der Waals surface area contributed by atoms with Crippen molar-refractivity contribution in [1.82, 2.24) is 5.32 Å². The summed E-state index contributed by atoms with van der Waals surface area (Å²) >= 11 is 5.94. The third kappa shape index (κ3) is 6.28. The zero-order valence-electron chi connectivity index (χ0n) is 15.0. The lowest BCUT2D eigenvalue weighted by Gasteiger charge is -2.14. The van der Waals surface area contributed by atoms with Crippen LogP contribution < -0.4 is 5.32 Å². The molecule has 0 aromatic heterocycles. The van der Waals surface area contributed by atoms with Crippen molar-refractivity contribution in [3.8, 4) is 6.07 Å². The number of carbonyl (C=O) groups is 2. The van der Waals surface area contributed by atoms with Crippen molar-refractivity contribution in [2.45, 2.75) is 19.9 Å². The van der Waals surface area contributed by atoms with Gasteiger partial charge in [0.05, 0.1) is 6.04 Å². The highest BCUT2D eigenvalue weighted by Crippen LogP contribution is 2.17. The van der Waals surface area contributed by atoms with Crippen LogP contribution in [0.5, 0.6) is 0 Å². The van der Waals surface area contributed by atoms with Gasteiger partial charge in [0.2, 0.25) is 0 Å². The summed E-state index contributed by atoms with van der Waals surface area (Å²) in [5.41, 5.74) is 2.43. The van der Waals surface area contributed by atoms with E-state index in [2.05, 4.69) is 5.32 Å². The summed E-state index contributed by atoms with van der Waals surface area (Å²) in [6.07, 6.45) is 1.42. The van der Waals surface area contributed by atoms with E-state index in [1.165, 1.54) is 6.08 Å². The number of esters is 1. The van der Waals surface area contributed by atoms with Crippen molar-refractivity contribution >= 4 is 29.6 Å². The van der Waals surface area contributed by atoms with Crippen molar-refractivity contribution in [3.05, 3.63) is 75.8 Å².